The lowest BCUT2D eigenvalue weighted by molar-refractivity contribution is 0.884. The van der Waals surface area contributed by atoms with Crippen molar-refractivity contribution in [1.82, 2.24) is 29.4 Å². The fourth-order valence-corrected chi connectivity index (χ4v) is 4.63. The summed E-state index contributed by atoms with van der Waals surface area (Å²) in [5.74, 6) is 0.486. The van der Waals surface area contributed by atoms with Crippen LogP contribution < -0.4 is 10.1 Å². The van der Waals surface area contributed by atoms with Gasteiger partial charge in [0.05, 0.1) is 15.9 Å². The number of aryl methyl sites for hydroxylation is 1. The van der Waals surface area contributed by atoms with Crippen molar-refractivity contribution >= 4 is 22.4 Å². The molecule has 0 spiro atoms. The topological polar surface area (TPSA) is 78.0 Å². The Bertz CT molecular complexity index is 1720. The van der Waals surface area contributed by atoms with Gasteiger partial charge in [0.1, 0.15) is 0 Å². The quantitative estimate of drug-likeness (QED) is 0.397. The summed E-state index contributed by atoms with van der Waals surface area (Å²) in [6.45, 7) is 2.05. The van der Waals surface area contributed by atoms with E-state index in [9.17, 15) is 4.79 Å². The van der Waals surface area contributed by atoms with E-state index < -0.39 is 0 Å². The maximum atomic E-state index is 13.1. The molecule has 7 nitrogen and oxygen atoms in total. The zero-order valence-corrected chi connectivity index (χ0v) is 19.0. The Morgan fingerprint density at radius 1 is 0.912 bits per heavy atom. The summed E-state index contributed by atoms with van der Waals surface area (Å²) in [5.41, 5.74) is 5.33. The van der Waals surface area contributed by atoms with Gasteiger partial charge in [-0.05, 0) is 37.3 Å². The number of hydrogen-bond donors (Lipinski definition) is 0. The first kappa shape index (κ1) is 20.2. The summed E-state index contributed by atoms with van der Waals surface area (Å²) in [4.78, 5) is 22.3. The molecule has 0 aliphatic rings. The lowest BCUT2D eigenvalue weighted by atomic mass is 10.1. The van der Waals surface area contributed by atoms with Crippen LogP contribution in [-0.4, -0.2) is 29.4 Å². The third-order valence-electron chi connectivity index (χ3n) is 5.48. The largest absolute Gasteiger partial charge is 0.291 e. The molecule has 4 aromatic heterocycles. The summed E-state index contributed by atoms with van der Waals surface area (Å²) in [5, 5.41) is 9.26. The smallest absolute Gasteiger partial charge is 0.266 e. The lowest BCUT2D eigenvalue weighted by Gasteiger charge is -2.01. The van der Waals surface area contributed by atoms with Crippen LogP contribution in [0.15, 0.2) is 90.1 Å². The third kappa shape index (κ3) is 3.60. The predicted molar refractivity (Wildman–Crippen MR) is 133 cm³/mol. The van der Waals surface area contributed by atoms with Crippen molar-refractivity contribution in [3.05, 3.63) is 111 Å². The minimum Gasteiger partial charge on any atom is -0.266 e. The monoisotopic (exact) mass is 462 g/mol. The molecule has 34 heavy (non-hydrogen) atoms. The van der Waals surface area contributed by atoms with Crippen LogP contribution >= 0.6 is 11.3 Å². The van der Waals surface area contributed by atoms with E-state index in [1.807, 2.05) is 71.6 Å². The molecular formula is C26H18N6OS. The normalized spacial score (nSPS) is 12.0. The summed E-state index contributed by atoms with van der Waals surface area (Å²) < 4.78 is 3.74. The van der Waals surface area contributed by atoms with Crippen LogP contribution in [0, 0.1) is 6.92 Å². The number of benzene rings is 2. The summed E-state index contributed by atoms with van der Waals surface area (Å²) in [6, 6.07) is 21.8. The van der Waals surface area contributed by atoms with E-state index in [1.165, 1.54) is 21.4 Å². The van der Waals surface area contributed by atoms with Gasteiger partial charge in [0, 0.05) is 35.3 Å². The van der Waals surface area contributed by atoms with Gasteiger partial charge in [-0.1, -0.05) is 59.4 Å². The van der Waals surface area contributed by atoms with Crippen molar-refractivity contribution in [2.75, 3.05) is 0 Å². The van der Waals surface area contributed by atoms with Crippen molar-refractivity contribution in [3.63, 3.8) is 0 Å². The Balaban J connectivity index is 1.50. The number of rotatable bonds is 4. The number of aromatic nitrogens is 6. The molecule has 2 aromatic carbocycles. The maximum absolute atomic E-state index is 13.1. The second-order valence-corrected chi connectivity index (χ2v) is 8.88. The molecule has 6 aromatic rings. The van der Waals surface area contributed by atoms with Crippen molar-refractivity contribution in [2.24, 2.45) is 0 Å². The Morgan fingerprint density at radius 2 is 1.74 bits per heavy atom. The van der Waals surface area contributed by atoms with Crippen molar-refractivity contribution in [2.45, 2.75) is 6.92 Å². The zero-order valence-electron chi connectivity index (χ0n) is 18.2. The SMILES string of the molecule is Cc1ccc(-c2nn(-c3ccccc3)cc2C=c2sc3nc(-c4cccnc4)nn3c2=O)cc1. The van der Waals surface area contributed by atoms with Gasteiger partial charge < -0.3 is 0 Å². The van der Waals surface area contributed by atoms with Gasteiger partial charge >= 0.3 is 0 Å². The fraction of sp³-hybridized carbons (Fsp3) is 0.0385. The number of fused-ring (bicyclic) bond motifs is 1. The second kappa shape index (κ2) is 8.17. The molecule has 8 heteroatoms. The summed E-state index contributed by atoms with van der Waals surface area (Å²) >= 11 is 1.31. The van der Waals surface area contributed by atoms with E-state index in [0.717, 1.165) is 28.1 Å². The molecule has 0 fully saturated rings. The molecule has 0 amide bonds. The Kier molecular flexibility index (Phi) is 4.85. The zero-order chi connectivity index (χ0) is 23.1. The minimum absolute atomic E-state index is 0.204. The van der Waals surface area contributed by atoms with Crippen LogP contribution in [0.3, 0.4) is 0 Å². The Labute approximate surface area is 198 Å². The molecule has 0 saturated heterocycles. The van der Waals surface area contributed by atoms with Gasteiger partial charge in [0.15, 0.2) is 5.82 Å². The highest BCUT2D eigenvalue weighted by atomic mass is 32.1. The highest BCUT2D eigenvalue weighted by Crippen LogP contribution is 2.25. The van der Waals surface area contributed by atoms with Crippen LogP contribution in [0.2, 0.25) is 0 Å². The molecular weight excluding hydrogens is 444 g/mol. The highest BCUT2D eigenvalue weighted by Gasteiger charge is 2.15. The lowest BCUT2D eigenvalue weighted by Crippen LogP contribution is -2.23. The van der Waals surface area contributed by atoms with Crippen molar-refractivity contribution in [3.8, 4) is 28.3 Å². The average Bonchev–Trinajstić information content (AvgIpc) is 3.56. The number of para-hydroxylation sites is 1. The summed E-state index contributed by atoms with van der Waals surface area (Å²) in [6.07, 6.45) is 7.19. The van der Waals surface area contributed by atoms with E-state index >= 15 is 0 Å². The van der Waals surface area contributed by atoms with Gasteiger partial charge in [-0.2, -0.15) is 14.6 Å². The number of nitrogens with zero attached hydrogens (tertiary/aromatic N) is 6. The van der Waals surface area contributed by atoms with Gasteiger partial charge in [0.2, 0.25) is 4.96 Å². The van der Waals surface area contributed by atoms with E-state index in [0.29, 0.717) is 15.3 Å². The van der Waals surface area contributed by atoms with E-state index in [2.05, 4.69) is 34.1 Å². The molecule has 0 atom stereocenters. The minimum atomic E-state index is -0.204. The second-order valence-electron chi connectivity index (χ2n) is 7.87. The van der Waals surface area contributed by atoms with Crippen molar-refractivity contribution < 1.29 is 0 Å². The molecule has 0 N–H and O–H groups in total. The van der Waals surface area contributed by atoms with Crippen LogP contribution in [0.5, 0.6) is 0 Å². The molecule has 164 valence electrons. The van der Waals surface area contributed by atoms with Crippen LogP contribution in [-0.2, 0) is 0 Å². The predicted octanol–water partition coefficient (Wildman–Crippen LogP) is 3.92. The Morgan fingerprint density at radius 3 is 2.47 bits per heavy atom. The van der Waals surface area contributed by atoms with Crippen LogP contribution in [0.1, 0.15) is 11.1 Å². The maximum Gasteiger partial charge on any atom is 0.291 e. The third-order valence-corrected chi connectivity index (χ3v) is 6.44. The molecule has 0 aliphatic heterocycles. The fourth-order valence-electron chi connectivity index (χ4n) is 3.73. The number of pyridine rings is 1. The average molecular weight is 463 g/mol. The first-order valence-corrected chi connectivity index (χ1v) is 11.5. The van der Waals surface area contributed by atoms with E-state index in [4.69, 9.17) is 5.10 Å². The van der Waals surface area contributed by atoms with Gasteiger partial charge in [-0.25, -0.2) is 4.68 Å². The highest BCUT2D eigenvalue weighted by molar-refractivity contribution is 7.15. The molecule has 0 unspecified atom stereocenters. The molecule has 0 bridgehead atoms. The molecule has 4 heterocycles. The van der Waals surface area contributed by atoms with Gasteiger partial charge in [-0.3, -0.25) is 9.78 Å². The van der Waals surface area contributed by atoms with Gasteiger partial charge in [0.25, 0.3) is 5.56 Å². The number of hydrogen-bond acceptors (Lipinski definition) is 6. The van der Waals surface area contributed by atoms with E-state index in [-0.39, 0.29) is 5.56 Å². The molecule has 0 aliphatic carbocycles. The molecule has 6 rings (SSSR count). The standard InChI is InChI=1S/C26H18N6OS/c1-17-9-11-18(12-10-17)23-20(16-31(29-23)21-7-3-2-4-8-21)14-22-25(33)32-26(34-22)28-24(30-32)19-6-5-13-27-15-19/h2-16H,1H3. The first-order chi connectivity index (χ1) is 16.7. The van der Waals surface area contributed by atoms with Crippen LogP contribution in [0.4, 0.5) is 0 Å². The molecule has 0 radical (unpaired) electrons. The first-order valence-electron chi connectivity index (χ1n) is 10.7. The van der Waals surface area contributed by atoms with Crippen LogP contribution in [0.25, 0.3) is 39.4 Å². The molecule has 0 saturated carbocycles. The van der Waals surface area contributed by atoms with Crippen molar-refractivity contribution in [1.29, 1.82) is 0 Å². The number of thiazole rings is 1. The van der Waals surface area contributed by atoms with Gasteiger partial charge in [-0.15, -0.1) is 5.10 Å². The summed E-state index contributed by atoms with van der Waals surface area (Å²) in [7, 11) is 0. The van der Waals surface area contributed by atoms with E-state index in [1.54, 1.807) is 12.4 Å². The Hall–Kier alpha value is -4.43.